The van der Waals surface area contributed by atoms with Crippen molar-refractivity contribution in [3.8, 4) is 0 Å². The summed E-state index contributed by atoms with van der Waals surface area (Å²) in [6.07, 6.45) is 57.6. The second-order valence-corrected chi connectivity index (χ2v) is 15.1. The van der Waals surface area contributed by atoms with Gasteiger partial charge in [-0.05, 0) is 122 Å². The second-order valence-electron chi connectivity index (χ2n) is 15.1. The second kappa shape index (κ2) is 37.6. The molecule has 49 heavy (non-hydrogen) atoms. The summed E-state index contributed by atoms with van der Waals surface area (Å²) in [6.45, 7) is 6.84. The number of carbonyl (C=O) groups is 1. The Labute approximate surface area is 307 Å². The molecule has 1 aliphatic rings. The Hall–Kier alpha value is -1.61. The van der Waals surface area contributed by atoms with Crippen LogP contribution in [-0.2, 0) is 4.79 Å². The molecule has 2 N–H and O–H groups in total. The Morgan fingerprint density at radius 2 is 0.959 bits per heavy atom. The molecule has 0 aliphatic carbocycles. The van der Waals surface area contributed by atoms with E-state index in [-0.39, 0.29) is 0 Å². The molecule has 1 fully saturated rings. The Bertz CT molecular complexity index is 758. The highest BCUT2D eigenvalue weighted by atomic mass is 16.1. The lowest BCUT2D eigenvalue weighted by Crippen LogP contribution is -2.35. The average molecular weight is 681 g/mol. The van der Waals surface area contributed by atoms with E-state index in [2.05, 4.69) is 73.1 Å². The zero-order valence-electron chi connectivity index (χ0n) is 33.0. The van der Waals surface area contributed by atoms with Crippen LogP contribution >= 0.6 is 0 Å². The van der Waals surface area contributed by atoms with Crippen molar-refractivity contribution in [1.82, 2.24) is 10.6 Å². The van der Waals surface area contributed by atoms with Crippen LogP contribution in [0.15, 0.2) is 48.6 Å². The van der Waals surface area contributed by atoms with Crippen LogP contribution in [0.3, 0.4) is 0 Å². The molecule has 284 valence electrons. The van der Waals surface area contributed by atoms with E-state index < -0.39 is 0 Å². The molecule has 0 bridgehead atoms. The molecule has 0 unspecified atom stereocenters. The molecular formula is C46H84N2O. The molecule has 1 aliphatic heterocycles. The molecule has 0 aromatic carbocycles. The van der Waals surface area contributed by atoms with Crippen molar-refractivity contribution in [2.24, 2.45) is 5.92 Å². The number of hydrogen-bond acceptors (Lipinski definition) is 2. The standard InChI is InChI=1S/C46H84N2O/c1-3-5-7-9-11-13-15-17-19-21-23-25-27-29-31-33-37-45(48-46(49)39-35-36-44-40-42-47-43-41-44)38-34-32-30-28-26-24-22-20-18-16-14-12-10-8-6-4-2/h11-14,17-20,44-45,47H,3-10,15-16,21-43H2,1-2H3,(H,48,49). The minimum atomic E-state index is 0.305. The van der Waals surface area contributed by atoms with E-state index in [1.807, 2.05) is 0 Å². The highest BCUT2D eigenvalue weighted by Gasteiger charge is 2.15. The number of unbranched alkanes of at least 4 members (excludes halogenated alkanes) is 18. The predicted molar refractivity (Wildman–Crippen MR) is 219 cm³/mol. The summed E-state index contributed by atoms with van der Waals surface area (Å²) in [5, 5.41) is 6.95. The van der Waals surface area contributed by atoms with Crippen LogP contribution in [-0.4, -0.2) is 25.0 Å². The van der Waals surface area contributed by atoms with Gasteiger partial charge < -0.3 is 10.6 Å². The van der Waals surface area contributed by atoms with Crippen molar-refractivity contribution < 1.29 is 4.79 Å². The van der Waals surface area contributed by atoms with Crippen LogP contribution in [0.2, 0.25) is 0 Å². The SMILES string of the molecule is CCCCCC=CCC=CCCCCCCCCC(CCCCCCCCC=CCC=CCCCCC)NC(=O)CCCC1CCNCC1. The summed E-state index contributed by atoms with van der Waals surface area (Å²) in [5.74, 6) is 1.13. The minimum absolute atomic E-state index is 0.305. The van der Waals surface area contributed by atoms with Crippen molar-refractivity contribution in [3.05, 3.63) is 48.6 Å². The van der Waals surface area contributed by atoms with Gasteiger partial charge in [0.2, 0.25) is 5.91 Å². The normalized spacial score (nSPS) is 15.1. The number of hydrogen-bond donors (Lipinski definition) is 2. The van der Waals surface area contributed by atoms with Gasteiger partial charge in [-0.3, -0.25) is 4.79 Å². The van der Waals surface area contributed by atoms with Crippen molar-refractivity contribution in [1.29, 1.82) is 0 Å². The Morgan fingerprint density at radius 1 is 0.551 bits per heavy atom. The Morgan fingerprint density at radius 3 is 1.41 bits per heavy atom. The summed E-state index contributed by atoms with van der Waals surface area (Å²) in [6, 6.07) is 0.378. The molecule has 3 heteroatoms. The van der Waals surface area contributed by atoms with Gasteiger partial charge >= 0.3 is 0 Å². The van der Waals surface area contributed by atoms with E-state index in [0.29, 0.717) is 18.4 Å². The fraction of sp³-hybridized carbons (Fsp3) is 0.804. The average Bonchev–Trinajstić information content (AvgIpc) is 3.11. The Balaban J connectivity index is 2.17. The molecule has 0 saturated carbocycles. The predicted octanol–water partition coefficient (Wildman–Crippen LogP) is 14.0. The van der Waals surface area contributed by atoms with Crippen LogP contribution < -0.4 is 10.6 Å². The topological polar surface area (TPSA) is 41.1 Å². The van der Waals surface area contributed by atoms with Crippen LogP contribution in [0, 0.1) is 5.92 Å². The summed E-state index contributed by atoms with van der Waals surface area (Å²) in [7, 11) is 0. The number of piperidine rings is 1. The van der Waals surface area contributed by atoms with Crippen molar-refractivity contribution in [2.45, 2.75) is 219 Å². The minimum Gasteiger partial charge on any atom is -0.353 e. The Kier molecular flexibility index (Phi) is 34.9. The number of nitrogens with one attached hydrogen (secondary N) is 2. The van der Waals surface area contributed by atoms with E-state index >= 15 is 0 Å². The van der Waals surface area contributed by atoms with Crippen LogP contribution in [0.5, 0.6) is 0 Å². The highest BCUT2D eigenvalue weighted by Crippen LogP contribution is 2.19. The lowest BCUT2D eigenvalue weighted by molar-refractivity contribution is -0.122. The summed E-state index contributed by atoms with van der Waals surface area (Å²) >= 11 is 0. The van der Waals surface area contributed by atoms with E-state index in [1.54, 1.807) is 0 Å². The van der Waals surface area contributed by atoms with Crippen LogP contribution in [0.25, 0.3) is 0 Å². The lowest BCUT2D eigenvalue weighted by Gasteiger charge is -2.23. The zero-order chi connectivity index (χ0) is 35.1. The van der Waals surface area contributed by atoms with E-state index in [0.717, 1.165) is 51.1 Å². The first-order chi connectivity index (χ1) is 24.3. The van der Waals surface area contributed by atoms with E-state index in [4.69, 9.17) is 0 Å². The molecule has 0 aromatic rings. The summed E-state index contributed by atoms with van der Waals surface area (Å²) in [4.78, 5) is 12.9. The fourth-order valence-electron chi connectivity index (χ4n) is 7.07. The fourth-order valence-corrected chi connectivity index (χ4v) is 7.07. The molecular weight excluding hydrogens is 597 g/mol. The molecule has 1 heterocycles. The third kappa shape index (κ3) is 33.3. The molecule has 1 amide bonds. The first kappa shape index (κ1) is 45.4. The van der Waals surface area contributed by atoms with Gasteiger partial charge in [-0.2, -0.15) is 0 Å². The van der Waals surface area contributed by atoms with Crippen molar-refractivity contribution in [2.75, 3.05) is 13.1 Å². The largest absolute Gasteiger partial charge is 0.353 e. The van der Waals surface area contributed by atoms with Crippen molar-refractivity contribution in [3.63, 3.8) is 0 Å². The maximum Gasteiger partial charge on any atom is 0.220 e. The molecule has 0 aromatic heterocycles. The smallest absolute Gasteiger partial charge is 0.220 e. The van der Waals surface area contributed by atoms with Crippen molar-refractivity contribution >= 4 is 5.91 Å². The van der Waals surface area contributed by atoms with Crippen LogP contribution in [0.1, 0.15) is 213 Å². The van der Waals surface area contributed by atoms with Gasteiger partial charge in [0.25, 0.3) is 0 Å². The summed E-state index contributed by atoms with van der Waals surface area (Å²) in [5.41, 5.74) is 0. The van der Waals surface area contributed by atoms with Gasteiger partial charge in [-0.1, -0.05) is 152 Å². The number of carbonyl (C=O) groups excluding carboxylic acids is 1. The first-order valence-corrected chi connectivity index (χ1v) is 21.9. The van der Waals surface area contributed by atoms with E-state index in [1.165, 1.54) is 161 Å². The number of rotatable bonds is 35. The van der Waals surface area contributed by atoms with Gasteiger partial charge in [0.1, 0.15) is 0 Å². The van der Waals surface area contributed by atoms with Gasteiger partial charge in [0.15, 0.2) is 0 Å². The molecule has 1 saturated heterocycles. The van der Waals surface area contributed by atoms with Gasteiger partial charge in [0, 0.05) is 12.5 Å². The molecule has 0 radical (unpaired) electrons. The van der Waals surface area contributed by atoms with Gasteiger partial charge in [-0.15, -0.1) is 0 Å². The number of amides is 1. The lowest BCUT2D eigenvalue weighted by atomic mass is 9.92. The van der Waals surface area contributed by atoms with Crippen LogP contribution in [0.4, 0.5) is 0 Å². The quantitative estimate of drug-likeness (QED) is 0.0517. The highest BCUT2D eigenvalue weighted by molar-refractivity contribution is 5.76. The maximum absolute atomic E-state index is 12.9. The molecule has 3 nitrogen and oxygen atoms in total. The third-order valence-electron chi connectivity index (χ3n) is 10.3. The summed E-state index contributed by atoms with van der Waals surface area (Å²) < 4.78 is 0. The maximum atomic E-state index is 12.9. The third-order valence-corrected chi connectivity index (χ3v) is 10.3. The zero-order valence-corrected chi connectivity index (χ0v) is 33.0. The molecule has 0 atom stereocenters. The monoisotopic (exact) mass is 681 g/mol. The molecule has 0 spiro atoms. The van der Waals surface area contributed by atoms with E-state index in [9.17, 15) is 4.79 Å². The first-order valence-electron chi connectivity index (χ1n) is 21.9. The van der Waals surface area contributed by atoms with Gasteiger partial charge in [-0.25, -0.2) is 0 Å². The van der Waals surface area contributed by atoms with Gasteiger partial charge in [0.05, 0.1) is 0 Å². The molecule has 1 rings (SSSR count). The number of allylic oxidation sites excluding steroid dienone is 8.